The summed E-state index contributed by atoms with van der Waals surface area (Å²) in [5, 5.41) is 5.76. The molecular weight excluding hydrogens is 332 g/mol. The Hall–Kier alpha value is -1.96. The predicted octanol–water partition coefficient (Wildman–Crippen LogP) is 0.348. The van der Waals surface area contributed by atoms with Crippen LogP contribution in [0.1, 0.15) is 28.8 Å². The first-order valence-corrected chi connectivity index (χ1v) is 9.10. The van der Waals surface area contributed by atoms with Gasteiger partial charge in [0.15, 0.2) is 0 Å². The van der Waals surface area contributed by atoms with E-state index in [4.69, 9.17) is 10.5 Å². The van der Waals surface area contributed by atoms with Gasteiger partial charge in [0.1, 0.15) is 0 Å². The lowest BCUT2D eigenvalue weighted by Crippen LogP contribution is -2.46. The van der Waals surface area contributed by atoms with E-state index in [9.17, 15) is 9.59 Å². The molecule has 144 valence electrons. The Morgan fingerprint density at radius 2 is 2.00 bits per heavy atom. The molecule has 1 aliphatic rings. The molecule has 26 heavy (non-hydrogen) atoms. The van der Waals surface area contributed by atoms with Crippen molar-refractivity contribution in [3.63, 3.8) is 0 Å². The van der Waals surface area contributed by atoms with E-state index in [2.05, 4.69) is 10.6 Å². The number of nitrogens with zero attached hydrogens (tertiary/aromatic N) is 1. The lowest BCUT2D eigenvalue weighted by atomic mass is 9.92. The fourth-order valence-corrected chi connectivity index (χ4v) is 2.91. The maximum Gasteiger partial charge on any atom is 0.251 e. The highest BCUT2D eigenvalue weighted by Crippen LogP contribution is 2.17. The number of hydrogen-bond acceptors (Lipinski definition) is 5. The van der Waals surface area contributed by atoms with Gasteiger partial charge in [-0.2, -0.15) is 0 Å². The lowest BCUT2D eigenvalue weighted by Gasteiger charge is -2.26. The average Bonchev–Trinajstić information content (AvgIpc) is 2.66. The van der Waals surface area contributed by atoms with E-state index in [1.54, 1.807) is 12.1 Å². The molecule has 1 fully saturated rings. The van der Waals surface area contributed by atoms with Crippen LogP contribution in [-0.2, 0) is 16.1 Å². The fraction of sp³-hybridized carbons (Fsp3) is 0.579. The Labute approximate surface area is 155 Å². The van der Waals surface area contributed by atoms with Crippen LogP contribution in [0.15, 0.2) is 24.3 Å². The summed E-state index contributed by atoms with van der Waals surface area (Å²) in [7, 11) is 3.92. The van der Waals surface area contributed by atoms with E-state index in [1.165, 1.54) is 0 Å². The summed E-state index contributed by atoms with van der Waals surface area (Å²) >= 11 is 0. The van der Waals surface area contributed by atoms with Gasteiger partial charge in [-0.1, -0.05) is 12.1 Å². The Bertz CT molecular complexity index is 600. The van der Waals surface area contributed by atoms with Crippen LogP contribution in [0.3, 0.4) is 0 Å². The van der Waals surface area contributed by atoms with Crippen LogP contribution in [-0.4, -0.2) is 63.2 Å². The molecule has 1 unspecified atom stereocenters. The van der Waals surface area contributed by atoms with Crippen LogP contribution in [0.5, 0.6) is 0 Å². The number of hydrogen-bond donors (Lipinski definition) is 3. The monoisotopic (exact) mass is 362 g/mol. The third-order valence-electron chi connectivity index (χ3n) is 4.58. The second kappa shape index (κ2) is 10.3. The third-order valence-corrected chi connectivity index (χ3v) is 4.58. The summed E-state index contributed by atoms with van der Waals surface area (Å²) in [6.45, 7) is 3.06. The molecule has 1 aromatic carbocycles. The molecule has 1 aliphatic heterocycles. The van der Waals surface area contributed by atoms with Gasteiger partial charge in [0.05, 0.1) is 6.04 Å². The van der Waals surface area contributed by atoms with E-state index in [1.807, 2.05) is 31.1 Å². The number of benzene rings is 1. The number of carbonyl (C=O) groups excluding carboxylic acids is 2. The van der Waals surface area contributed by atoms with Crippen LogP contribution in [0.2, 0.25) is 0 Å². The van der Waals surface area contributed by atoms with Crippen molar-refractivity contribution in [2.45, 2.75) is 25.4 Å². The molecule has 1 heterocycles. The van der Waals surface area contributed by atoms with Gasteiger partial charge in [-0.15, -0.1) is 0 Å². The third kappa shape index (κ3) is 6.40. The maximum absolute atomic E-state index is 12.3. The summed E-state index contributed by atoms with van der Waals surface area (Å²) in [6.07, 6.45) is 1.63. The van der Waals surface area contributed by atoms with Gasteiger partial charge in [0.2, 0.25) is 5.91 Å². The molecule has 0 aliphatic carbocycles. The highest BCUT2D eigenvalue weighted by Gasteiger charge is 2.26. The zero-order valence-electron chi connectivity index (χ0n) is 15.7. The number of nitrogens with one attached hydrogen (secondary N) is 2. The van der Waals surface area contributed by atoms with Gasteiger partial charge in [-0.25, -0.2) is 0 Å². The number of carbonyl (C=O) groups is 2. The first-order valence-electron chi connectivity index (χ1n) is 9.10. The standard InChI is InChI=1S/C19H30N4O3/c1-23(2)9-8-21-18(24)16-5-3-4-14(12-16)13-22-19(25)17(20)15-6-10-26-11-7-15/h3-5,12,15,17H,6-11,13,20H2,1-2H3,(H,21,24)(H,22,25). The minimum atomic E-state index is -0.517. The van der Waals surface area contributed by atoms with Crippen LogP contribution in [0.4, 0.5) is 0 Å². The topological polar surface area (TPSA) is 96.7 Å². The van der Waals surface area contributed by atoms with Crippen molar-refractivity contribution >= 4 is 11.8 Å². The van der Waals surface area contributed by atoms with Crippen LogP contribution >= 0.6 is 0 Å². The maximum atomic E-state index is 12.3. The lowest BCUT2D eigenvalue weighted by molar-refractivity contribution is -0.124. The Kier molecular flexibility index (Phi) is 8.03. The van der Waals surface area contributed by atoms with Crippen molar-refractivity contribution < 1.29 is 14.3 Å². The minimum Gasteiger partial charge on any atom is -0.381 e. The molecule has 7 nitrogen and oxygen atoms in total. The van der Waals surface area contributed by atoms with Crippen molar-refractivity contribution in [1.29, 1.82) is 0 Å². The smallest absolute Gasteiger partial charge is 0.251 e. The molecule has 0 spiro atoms. The minimum absolute atomic E-state index is 0.112. The highest BCUT2D eigenvalue weighted by atomic mass is 16.5. The van der Waals surface area contributed by atoms with Crippen LogP contribution < -0.4 is 16.4 Å². The summed E-state index contributed by atoms with van der Waals surface area (Å²) in [5.74, 6) is -0.103. The molecule has 0 radical (unpaired) electrons. The van der Waals surface area contributed by atoms with Gasteiger partial charge >= 0.3 is 0 Å². The molecule has 0 aromatic heterocycles. The zero-order chi connectivity index (χ0) is 18.9. The number of rotatable bonds is 8. The first kappa shape index (κ1) is 20.4. The first-order chi connectivity index (χ1) is 12.5. The molecular formula is C19H30N4O3. The molecule has 4 N–H and O–H groups in total. The predicted molar refractivity (Wildman–Crippen MR) is 101 cm³/mol. The van der Waals surface area contributed by atoms with Crippen LogP contribution in [0.25, 0.3) is 0 Å². The number of likely N-dealkylation sites (N-methyl/N-ethyl adjacent to an activating group) is 1. The van der Waals surface area contributed by atoms with Gasteiger partial charge in [-0.3, -0.25) is 9.59 Å². The van der Waals surface area contributed by atoms with E-state index in [0.29, 0.717) is 31.9 Å². The summed E-state index contributed by atoms with van der Waals surface area (Å²) in [4.78, 5) is 26.5. The quantitative estimate of drug-likeness (QED) is 0.620. The van der Waals surface area contributed by atoms with Crippen molar-refractivity contribution in [2.75, 3.05) is 40.4 Å². The summed E-state index contributed by atoms with van der Waals surface area (Å²) in [6, 6.07) is 6.75. The number of amides is 2. The molecule has 1 aromatic rings. The average molecular weight is 362 g/mol. The van der Waals surface area contributed by atoms with Crippen molar-refractivity contribution in [1.82, 2.24) is 15.5 Å². The van der Waals surface area contributed by atoms with Crippen molar-refractivity contribution in [2.24, 2.45) is 11.7 Å². The van der Waals surface area contributed by atoms with Gasteiger partial charge in [0, 0.05) is 38.4 Å². The number of ether oxygens (including phenoxy) is 1. The normalized spacial score (nSPS) is 16.3. The molecule has 0 bridgehead atoms. The Balaban J connectivity index is 1.83. The molecule has 2 amide bonds. The molecule has 1 atom stereocenters. The largest absolute Gasteiger partial charge is 0.381 e. The Morgan fingerprint density at radius 3 is 2.69 bits per heavy atom. The van der Waals surface area contributed by atoms with Gasteiger partial charge in [0.25, 0.3) is 5.91 Å². The molecule has 1 saturated heterocycles. The second-order valence-corrected chi connectivity index (χ2v) is 6.95. The molecule has 7 heteroatoms. The summed E-state index contributed by atoms with van der Waals surface area (Å²) < 4.78 is 5.31. The SMILES string of the molecule is CN(C)CCNC(=O)c1cccc(CNC(=O)C(N)C2CCOCC2)c1. The van der Waals surface area contributed by atoms with Crippen LogP contribution in [0, 0.1) is 5.92 Å². The zero-order valence-corrected chi connectivity index (χ0v) is 15.7. The van der Waals surface area contributed by atoms with Crippen molar-refractivity contribution in [3.8, 4) is 0 Å². The second-order valence-electron chi connectivity index (χ2n) is 6.95. The molecule has 2 rings (SSSR count). The Morgan fingerprint density at radius 1 is 1.27 bits per heavy atom. The van der Waals surface area contributed by atoms with Crippen molar-refractivity contribution in [3.05, 3.63) is 35.4 Å². The molecule has 0 saturated carbocycles. The fourth-order valence-electron chi connectivity index (χ4n) is 2.91. The van der Waals surface area contributed by atoms with E-state index >= 15 is 0 Å². The van der Waals surface area contributed by atoms with E-state index in [-0.39, 0.29) is 17.7 Å². The van der Waals surface area contributed by atoms with Gasteiger partial charge in [-0.05, 0) is 50.6 Å². The van der Waals surface area contributed by atoms with E-state index < -0.39 is 6.04 Å². The van der Waals surface area contributed by atoms with Gasteiger partial charge < -0.3 is 26.0 Å². The van der Waals surface area contributed by atoms with E-state index in [0.717, 1.165) is 24.9 Å². The highest BCUT2D eigenvalue weighted by molar-refractivity contribution is 5.94. The summed E-state index contributed by atoms with van der Waals surface area (Å²) in [5.41, 5.74) is 7.54. The number of nitrogens with two attached hydrogens (primary N) is 1.